The minimum absolute atomic E-state index is 0.0484. The van der Waals surface area contributed by atoms with Crippen molar-refractivity contribution < 1.29 is 9.90 Å². The van der Waals surface area contributed by atoms with Crippen LogP contribution in [0.3, 0.4) is 0 Å². The molecule has 0 spiro atoms. The number of carboxylic acid groups (broad SMARTS) is 1. The molecule has 3 heterocycles. The Morgan fingerprint density at radius 1 is 0.969 bits per heavy atom. The highest BCUT2D eigenvalue weighted by Gasteiger charge is 2.63. The van der Waals surface area contributed by atoms with Gasteiger partial charge in [0.15, 0.2) is 0 Å². The molecule has 32 heavy (non-hydrogen) atoms. The first kappa shape index (κ1) is 19.3. The largest absolute Gasteiger partial charge is 0.476 e. The van der Waals surface area contributed by atoms with E-state index in [1.807, 2.05) is 24.3 Å². The third-order valence-corrected chi connectivity index (χ3v) is 9.77. The molecule has 2 aliphatic heterocycles. The predicted molar refractivity (Wildman–Crippen MR) is 121 cm³/mol. The van der Waals surface area contributed by atoms with E-state index >= 15 is 0 Å². The summed E-state index contributed by atoms with van der Waals surface area (Å²) in [7, 11) is 0. The minimum atomic E-state index is -1.23. The van der Waals surface area contributed by atoms with Crippen molar-refractivity contribution in [2.24, 2.45) is 17.8 Å². The highest BCUT2D eigenvalue weighted by Crippen LogP contribution is 2.65. The van der Waals surface area contributed by atoms with Gasteiger partial charge in [-0.05, 0) is 87.7 Å². The molecule has 6 fully saturated rings. The van der Waals surface area contributed by atoms with E-state index in [-0.39, 0.29) is 11.7 Å². The van der Waals surface area contributed by atoms with Gasteiger partial charge in [0.1, 0.15) is 0 Å². The average molecular weight is 434 g/mol. The number of aromatic nitrogens is 2. The Bertz CT molecular complexity index is 1140. The third kappa shape index (κ3) is 2.53. The molecular weight excluding hydrogens is 402 g/mol. The van der Waals surface area contributed by atoms with Gasteiger partial charge < -0.3 is 9.67 Å². The van der Waals surface area contributed by atoms with Crippen LogP contribution in [0.5, 0.6) is 0 Å². The van der Waals surface area contributed by atoms with Crippen LogP contribution in [0.2, 0.25) is 0 Å². The first-order valence-corrected chi connectivity index (χ1v) is 12.6. The Balaban J connectivity index is 1.30. The molecule has 2 saturated heterocycles. The predicted octanol–water partition coefficient (Wildman–Crippen LogP) is 4.23. The normalized spacial score (nSPS) is 40.2. The van der Waals surface area contributed by atoms with Gasteiger partial charge in [-0.15, -0.1) is 0 Å². The van der Waals surface area contributed by atoms with E-state index in [2.05, 4.69) is 9.88 Å². The van der Waals surface area contributed by atoms with Crippen LogP contribution < -0.4 is 5.56 Å². The van der Waals surface area contributed by atoms with E-state index < -0.39 is 11.5 Å². The Morgan fingerprint density at radius 2 is 1.66 bits per heavy atom. The van der Waals surface area contributed by atoms with Crippen LogP contribution in [-0.4, -0.2) is 43.1 Å². The number of hydrogen-bond donors (Lipinski definition) is 1. The summed E-state index contributed by atoms with van der Waals surface area (Å²) in [6, 6.07) is 8.60. The molecule has 6 nitrogen and oxygen atoms in total. The fraction of sp³-hybridized carbons (Fsp3) is 0.654. The third-order valence-electron chi connectivity index (χ3n) is 9.77. The lowest BCUT2D eigenvalue weighted by Gasteiger charge is -2.58. The zero-order chi connectivity index (χ0) is 21.6. The van der Waals surface area contributed by atoms with E-state index in [0.29, 0.717) is 23.1 Å². The maximum atomic E-state index is 13.3. The number of fused-ring (bicyclic) bond motifs is 3. The molecule has 3 unspecified atom stereocenters. The Kier molecular flexibility index (Phi) is 4.01. The summed E-state index contributed by atoms with van der Waals surface area (Å²) in [4.78, 5) is 32.3. The number of carbonyl (C=O) groups is 1. The van der Waals surface area contributed by atoms with Crippen LogP contribution in [0.4, 0.5) is 0 Å². The maximum absolute atomic E-state index is 13.3. The fourth-order valence-electron chi connectivity index (χ4n) is 9.12. The van der Waals surface area contributed by atoms with Gasteiger partial charge in [0, 0.05) is 23.7 Å². The molecule has 6 aliphatic rings. The number of rotatable bonds is 3. The van der Waals surface area contributed by atoms with Crippen LogP contribution in [0.15, 0.2) is 29.1 Å². The average Bonchev–Trinajstić information content (AvgIpc) is 3.16. The molecule has 4 saturated carbocycles. The van der Waals surface area contributed by atoms with Gasteiger partial charge in [-0.3, -0.25) is 9.69 Å². The molecule has 1 N–H and O–H groups in total. The van der Waals surface area contributed by atoms with E-state index in [1.54, 1.807) is 4.57 Å². The SMILES string of the molecule is O=C(O)c1nc2ccccc2n(C2C[C@H]3CCC[C@@H](C2)N3C23CC4CC(CC2C4)C3)c1=O. The number of piperidine rings is 2. The van der Waals surface area contributed by atoms with Crippen LogP contribution in [-0.2, 0) is 0 Å². The lowest BCUT2D eigenvalue weighted by molar-refractivity contribution is -0.0816. The molecule has 0 amide bonds. The van der Waals surface area contributed by atoms with E-state index in [0.717, 1.165) is 36.1 Å². The van der Waals surface area contributed by atoms with Crippen molar-refractivity contribution in [3.63, 3.8) is 0 Å². The van der Waals surface area contributed by atoms with E-state index in [1.165, 1.54) is 51.4 Å². The molecule has 1 aromatic carbocycles. The molecule has 1 aromatic heterocycles. The van der Waals surface area contributed by atoms with Crippen molar-refractivity contribution in [1.82, 2.24) is 14.5 Å². The monoisotopic (exact) mass is 433 g/mol. The first-order chi connectivity index (χ1) is 15.5. The van der Waals surface area contributed by atoms with Gasteiger partial charge in [-0.2, -0.15) is 0 Å². The summed E-state index contributed by atoms with van der Waals surface area (Å²) >= 11 is 0. The molecule has 6 heteroatoms. The van der Waals surface area contributed by atoms with Gasteiger partial charge >= 0.3 is 5.97 Å². The second-order valence-electron chi connectivity index (χ2n) is 11.3. The molecule has 6 bridgehead atoms. The maximum Gasteiger partial charge on any atom is 0.360 e. The summed E-state index contributed by atoms with van der Waals surface area (Å²) in [6.07, 6.45) is 12.7. The number of carboxylic acids is 1. The van der Waals surface area contributed by atoms with Crippen LogP contribution >= 0.6 is 0 Å². The molecule has 8 rings (SSSR count). The fourth-order valence-corrected chi connectivity index (χ4v) is 9.12. The van der Waals surface area contributed by atoms with Crippen LogP contribution in [0, 0.1) is 17.8 Å². The summed E-state index contributed by atoms with van der Waals surface area (Å²) < 4.78 is 1.80. The first-order valence-electron chi connectivity index (χ1n) is 12.6. The highest BCUT2D eigenvalue weighted by molar-refractivity contribution is 5.88. The van der Waals surface area contributed by atoms with Gasteiger partial charge in [0.2, 0.25) is 5.69 Å². The van der Waals surface area contributed by atoms with E-state index in [9.17, 15) is 14.7 Å². The zero-order valence-corrected chi connectivity index (χ0v) is 18.4. The second kappa shape index (κ2) is 6.66. The van der Waals surface area contributed by atoms with E-state index in [4.69, 9.17) is 0 Å². The standard InChI is InChI=1S/C26H31N3O3/c30-24-23(25(31)32)27-21-6-1-2-7-22(21)28(24)20-11-18-4-3-5-19(12-20)29(18)26-13-15-8-16(14-26)10-17(26)9-15/h1-2,6-7,15-20H,3-5,8-14H2,(H,31,32)/t15?,16?,17?,18-,19+,20?,26?. The summed E-state index contributed by atoms with van der Waals surface area (Å²) in [5.41, 5.74) is 1.01. The number of aromatic carboxylic acids is 1. The topological polar surface area (TPSA) is 75.4 Å². The number of nitrogens with zero attached hydrogens (tertiary/aromatic N) is 3. The summed E-state index contributed by atoms with van der Waals surface area (Å²) in [6.45, 7) is 0. The number of hydrogen-bond acceptors (Lipinski definition) is 4. The van der Waals surface area contributed by atoms with Crippen LogP contribution in [0.1, 0.15) is 80.7 Å². The lowest BCUT2D eigenvalue weighted by atomic mass is 9.73. The quantitative estimate of drug-likeness (QED) is 0.784. The van der Waals surface area contributed by atoms with Crippen molar-refractivity contribution in [3.8, 4) is 0 Å². The molecule has 168 valence electrons. The van der Waals surface area contributed by atoms with Gasteiger partial charge in [-0.25, -0.2) is 9.78 Å². The van der Waals surface area contributed by atoms with Gasteiger partial charge in [0.25, 0.3) is 5.56 Å². The number of benzene rings is 1. The zero-order valence-electron chi connectivity index (χ0n) is 18.4. The van der Waals surface area contributed by atoms with Crippen molar-refractivity contribution in [1.29, 1.82) is 0 Å². The molecule has 0 radical (unpaired) electrons. The summed E-state index contributed by atoms with van der Waals surface area (Å²) in [5, 5.41) is 9.64. The molecular formula is C26H31N3O3. The van der Waals surface area contributed by atoms with Crippen molar-refractivity contribution in [2.75, 3.05) is 0 Å². The molecule has 2 aromatic rings. The Hall–Kier alpha value is -2.21. The Morgan fingerprint density at radius 3 is 2.34 bits per heavy atom. The lowest BCUT2D eigenvalue weighted by Crippen LogP contribution is -2.63. The second-order valence-corrected chi connectivity index (χ2v) is 11.3. The molecule has 4 aliphatic carbocycles. The number of para-hydroxylation sites is 2. The van der Waals surface area contributed by atoms with Crippen molar-refractivity contribution in [3.05, 3.63) is 40.3 Å². The van der Waals surface area contributed by atoms with Crippen molar-refractivity contribution >= 4 is 17.0 Å². The van der Waals surface area contributed by atoms with Gasteiger partial charge in [0.05, 0.1) is 11.0 Å². The Labute approximate surface area is 187 Å². The van der Waals surface area contributed by atoms with Crippen molar-refractivity contribution in [2.45, 2.75) is 87.9 Å². The van der Waals surface area contributed by atoms with Crippen LogP contribution in [0.25, 0.3) is 11.0 Å². The summed E-state index contributed by atoms with van der Waals surface area (Å²) in [5.74, 6) is 1.53. The smallest absolute Gasteiger partial charge is 0.360 e. The highest BCUT2D eigenvalue weighted by atomic mass is 16.4. The molecule has 5 atom stereocenters. The minimum Gasteiger partial charge on any atom is -0.476 e. The van der Waals surface area contributed by atoms with Gasteiger partial charge in [-0.1, -0.05) is 18.6 Å².